The molecule has 0 saturated carbocycles. The molecule has 0 radical (unpaired) electrons. The van der Waals surface area contributed by atoms with Gasteiger partial charge in [-0.2, -0.15) is 0 Å². The van der Waals surface area contributed by atoms with Crippen molar-refractivity contribution in [3.8, 4) is 5.75 Å². The number of esters is 1. The van der Waals surface area contributed by atoms with Crippen molar-refractivity contribution >= 4 is 23.3 Å². The molecule has 1 unspecified atom stereocenters. The van der Waals surface area contributed by atoms with Gasteiger partial charge in [-0.3, -0.25) is 19.8 Å². The molecule has 4 rings (SSSR count). The third kappa shape index (κ3) is 11.5. The van der Waals surface area contributed by atoms with Gasteiger partial charge < -0.3 is 23.7 Å². The number of nitrogens with one attached hydrogen (secondary N) is 1. The Bertz CT molecular complexity index is 1340. The number of hydrazine groups is 1. The summed E-state index contributed by atoms with van der Waals surface area (Å²) in [5, 5.41) is 1.47. The molecule has 2 aliphatic heterocycles. The minimum atomic E-state index is -0.911. The van der Waals surface area contributed by atoms with Gasteiger partial charge in [0.2, 0.25) is 5.91 Å². The van der Waals surface area contributed by atoms with Crippen LogP contribution < -0.4 is 10.2 Å². The van der Waals surface area contributed by atoms with Gasteiger partial charge in [-0.25, -0.2) is 5.01 Å². The summed E-state index contributed by atoms with van der Waals surface area (Å²) in [6.45, 7) is 9.28. The zero-order valence-electron chi connectivity index (χ0n) is 30.0. The first kappa shape index (κ1) is 38.3. The second-order valence-corrected chi connectivity index (χ2v) is 13.5. The summed E-state index contributed by atoms with van der Waals surface area (Å²) in [6.07, 6.45) is 8.57. The Morgan fingerprint density at radius 3 is 2.20 bits per heavy atom. The highest BCUT2D eigenvalue weighted by Gasteiger charge is 2.59. The summed E-state index contributed by atoms with van der Waals surface area (Å²) in [6, 6.07) is 15.4. The maximum absolute atomic E-state index is 14.2. The second-order valence-electron chi connectivity index (χ2n) is 13.5. The molecule has 0 spiro atoms. The average molecular weight is 681 g/mol. The number of fused-ring (bicyclic) bond motifs is 1. The van der Waals surface area contributed by atoms with Gasteiger partial charge in [0.15, 0.2) is 30.1 Å². The minimum absolute atomic E-state index is 0.102. The highest BCUT2D eigenvalue weighted by atomic mass is 16.8. The first-order valence-corrected chi connectivity index (χ1v) is 18.2. The van der Waals surface area contributed by atoms with Crippen LogP contribution in [0.3, 0.4) is 0 Å². The van der Waals surface area contributed by atoms with E-state index < -0.39 is 42.4 Å². The summed E-state index contributed by atoms with van der Waals surface area (Å²) >= 11 is 0. The summed E-state index contributed by atoms with van der Waals surface area (Å²) in [7, 11) is 0. The molecule has 5 atom stereocenters. The molecular weight excluding hydrogens is 624 g/mol. The normalized spacial score (nSPS) is 21.5. The van der Waals surface area contributed by atoms with Crippen LogP contribution in [0.15, 0.2) is 54.6 Å². The standard InChI is InChI=1S/C39H56N2O8/c1-6-8-9-10-11-12-13-14-15-19-25-33(43)41(40-30-22-20-21-29(26-30)28(3)42)32(27-34(44)45-7-2)35-36(46-31-23-17-16-18-24-31)37-38(47-35)49-39(4,5)48-37/h16-18,20-24,26,32,35-38,40H,6-15,19,25,27H2,1-5H3/t32-,35?,36-,37+,38+/m0/s1. The van der Waals surface area contributed by atoms with Crippen molar-refractivity contribution in [1.29, 1.82) is 0 Å². The lowest BCUT2D eigenvalue weighted by atomic mass is 9.99. The summed E-state index contributed by atoms with van der Waals surface area (Å²) in [4.78, 5) is 39.7. The molecule has 0 aromatic heterocycles. The lowest BCUT2D eigenvalue weighted by molar-refractivity contribution is -0.220. The van der Waals surface area contributed by atoms with E-state index in [9.17, 15) is 14.4 Å². The molecule has 1 N–H and O–H groups in total. The van der Waals surface area contributed by atoms with Gasteiger partial charge in [-0.15, -0.1) is 0 Å². The number of carbonyl (C=O) groups excluding carboxylic acids is 3. The molecule has 0 aliphatic carbocycles. The van der Waals surface area contributed by atoms with E-state index in [0.29, 0.717) is 23.4 Å². The summed E-state index contributed by atoms with van der Waals surface area (Å²) < 4.78 is 30.8. The maximum atomic E-state index is 14.2. The number of ketones is 1. The van der Waals surface area contributed by atoms with Gasteiger partial charge in [-0.1, -0.05) is 95.0 Å². The van der Waals surface area contributed by atoms with E-state index >= 15 is 0 Å². The van der Waals surface area contributed by atoms with Crippen LogP contribution in [0.4, 0.5) is 5.69 Å². The van der Waals surface area contributed by atoms with Crippen molar-refractivity contribution in [1.82, 2.24) is 5.01 Å². The predicted molar refractivity (Wildman–Crippen MR) is 188 cm³/mol. The van der Waals surface area contributed by atoms with Gasteiger partial charge in [0.1, 0.15) is 11.9 Å². The predicted octanol–water partition coefficient (Wildman–Crippen LogP) is 8.00. The van der Waals surface area contributed by atoms with E-state index in [2.05, 4.69) is 12.3 Å². The van der Waals surface area contributed by atoms with Gasteiger partial charge in [0.05, 0.1) is 24.8 Å². The quantitative estimate of drug-likeness (QED) is 0.0607. The van der Waals surface area contributed by atoms with Crippen LogP contribution in [0.2, 0.25) is 0 Å². The van der Waals surface area contributed by atoms with E-state index in [1.165, 1.54) is 50.5 Å². The number of hydrogen-bond donors (Lipinski definition) is 1. The number of nitrogens with zero attached hydrogens (tertiary/aromatic N) is 1. The largest absolute Gasteiger partial charge is 0.485 e. The number of anilines is 1. The SMILES string of the molecule is CCCCCCCCCCCCC(=O)N(Nc1cccc(C(C)=O)c1)[C@@H](CC(=O)OCC)C1O[C@@H]2OC(C)(C)O[C@@H]2[C@H]1Oc1ccccc1. The highest BCUT2D eigenvalue weighted by molar-refractivity contribution is 5.95. The van der Waals surface area contributed by atoms with Gasteiger partial charge in [0.25, 0.3) is 0 Å². The van der Waals surface area contributed by atoms with Crippen LogP contribution >= 0.6 is 0 Å². The Labute approximate surface area is 292 Å². The van der Waals surface area contributed by atoms with E-state index in [-0.39, 0.29) is 31.1 Å². The number of unbranched alkanes of at least 4 members (excludes halogenated alkanes) is 9. The Morgan fingerprint density at radius 2 is 1.55 bits per heavy atom. The van der Waals surface area contributed by atoms with E-state index in [1.54, 1.807) is 31.2 Å². The smallest absolute Gasteiger partial charge is 0.308 e. The molecule has 49 heavy (non-hydrogen) atoms. The average Bonchev–Trinajstić information content (AvgIpc) is 3.55. The molecule has 1 amide bonds. The third-order valence-corrected chi connectivity index (χ3v) is 8.97. The lowest BCUT2D eigenvalue weighted by Gasteiger charge is -2.38. The van der Waals surface area contributed by atoms with Crippen LogP contribution in [0.25, 0.3) is 0 Å². The summed E-state index contributed by atoms with van der Waals surface area (Å²) in [5.74, 6) is -1.11. The minimum Gasteiger partial charge on any atom is -0.485 e. The molecule has 2 saturated heterocycles. The number of para-hydroxylation sites is 1. The second kappa shape index (κ2) is 19.1. The fraction of sp³-hybridized carbons (Fsp3) is 0.615. The zero-order chi connectivity index (χ0) is 35.2. The molecule has 10 heteroatoms. The van der Waals surface area contributed by atoms with Crippen molar-refractivity contribution in [2.75, 3.05) is 12.0 Å². The van der Waals surface area contributed by atoms with Crippen LogP contribution in [0, 0.1) is 0 Å². The van der Waals surface area contributed by atoms with Crippen LogP contribution in [-0.2, 0) is 28.5 Å². The van der Waals surface area contributed by atoms with Gasteiger partial charge in [0, 0.05) is 12.0 Å². The van der Waals surface area contributed by atoms with Gasteiger partial charge in [-0.05, 0) is 58.4 Å². The van der Waals surface area contributed by atoms with Gasteiger partial charge >= 0.3 is 5.97 Å². The van der Waals surface area contributed by atoms with Crippen molar-refractivity contribution in [3.63, 3.8) is 0 Å². The topological polar surface area (TPSA) is 113 Å². The lowest BCUT2D eigenvalue weighted by Crippen LogP contribution is -2.56. The first-order chi connectivity index (χ1) is 23.6. The Kier molecular flexibility index (Phi) is 14.9. The fourth-order valence-corrected chi connectivity index (χ4v) is 6.51. The number of carbonyl (C=O) groups is 3. The van der Waals surface area contributed by atoms with Crippen molar-refractivity contribution in [2.24, 2.45) is 0 Å². The van der Waals surface area contributed by atoms with Crippen LogP contribution in [-0.4, -0.2) is 65.7 Å². The highest BCUT2D eigenvalue weighted by Crippen LogP contribution is 2.41. The van der Waals surface area contributed by atoms with Crippen LogP contribution in [0.5, 0.6) is 5.75 Å². The molecule has 2 aliphatic rings. The number of hydrogen-bond acceptors (Lipinski definition) is 9. The molecule has 10 nitrogen and oxygen atoms in total. The van der Waals surface area contributed by atoms with Crippen molar-refractivity contribution < 1.29 is 38.1 Å². The molecule has 270 valence electrons. The molecule has 2 aromatic carbocycles. The summed E-state index contributed by atoms with van der Waals surface area (Å²) in [5.41, 5.74) is 4.29. The van der Waals surface area contributed by atoms with E-state index in [1.807, 2.05) is 44.2 Å². The van der Waals surface area contributed by atoms with E-state index in [4.69, 9.17) is 23.7 Å². The number of rotatable bonds is 21. The van der Waals surface area contributed by atoms with Crippen LogP contribution in [0.1, 0.15) is 122 Å². The fourth-order valence-electron chi connectivity index (χ4n) is 6.51. The Hall–Kier alpha value is -3.47. The zero-order valence-corrected chi connectivity index (χ0v) is 30.0. The molecule has 2 heterocycles. The monoisotopic (exact) mass is 680 g/mol. The Morgan fingerprint density at radius 1 is 0.878 bits per heavy atom. The molecule has 0 bridgehead atoms. The first-order valence-electron chi connectivity index (χ1n) is 18.2. The molecular formula is C39H56N2O8. The molecule has 2 fully saturated rings. The number of Topliss-reactive ketones (excluding diaryl/α,β-unsaturated/α-hetero) is 1. The maximum Gasteiger partial charge on any atom is 0.308 e. The third-order valence-electron chi connectivity index (χ3n) is 8.97. The molecule has 2 aromatic rings. The Balaban J connectivity index is 1.59. The number of ether oxygens (including phenoxy) is 5. The van der Waals surface area contributed by atoms with Crippen molar-refractivity contribution in [3.05, 3.63) is 60.2 Å². The number of amides is 1. The number of benzene rings is 2. The van der Waals surface area contributed by atoms with E-state index in [0.717, 1.165) is 19.3 Å². The van der Waals surface area contributed by atoms with Crippen molar-refractivity contribution in [2.45, 2.75) is 148 Å².